The lowest BCUT2D eigenvalue weighted by Gasteiger charge is -2.33. The fraction of sp³-hybridized carbons (Fsp3) is 0.745. The number of carboxylic acid groups (broad SMARTS) is 1. The fourth-order valence-electron chi connectivity index (χ4n) is 8.60. The van der Waals surface area contributed by atoms with Crippen LogP contribution >= 0.6 is 0 Å². The number of aliphatic carboxylic acids is 1. The zero-order valence-corrected chi connectivity index (χ0v) is 47.4. The highest BCUT2D eigenvalue weighted by molar-refractivity contribution is 5.99. The number of likely N-dealkylation sites (tertiary alicyclic amines) is 1. The maximum atomic E-state index is 14.4. The predicted octanol–water partition coefficient (Wildman–Crippen LogP) is -4.41. The molecule has 0 saturated carbocycles. The molecule has 0 aromatic heterocycles. The molecule has 29 heteroatoms. The first-order chi connectivity index (χ1) is 37.4. The van der Waals surface area contributed by atoms with Crippen molar-refractivity contribution in [2.75, 3.05) is 19.7 Å². The van der Waals surface area contributed by atoms with Gasteiger partial charge in [0.25, 0.3) is 0 Å². The maximum absolute atomic E-state index is 14.4. The monoisotopic (exact) mass is 1140 g/mol. The Balaban J connectivity index is 3.45. The van der Waals surface area contributed by atoms with E-state index in [1.807, 2.05) is 33.0 Å². The first-order valence-corrected chi connectivity index (χ1v) is 27.3. The van der Waals surface area contributed by atoms with Gasteiger partial charge < -0.3 is 86.3 Å². The maximum Gasteiger partial charge on any atom is 0.328 e. The Hall–Kier alpha value is -7.01. The summed E-state index contributed by atoms with van der Waals surface area (Å²) in [6.07, 6.45) is -0.118. The van der Waals surface area contributed by atoms with E-state index < -0.39 is 175 Å². The van der Waals surface area contributed by atoms with E-state index in [9.17, 15) is 72.5 Å². The van der Waals surface area contributed by atoms with Crippen LogP contribution in [0.5, 0.6) is 0 Å². The molecule has 1 aliphatic heterocycles. The number of unbranched alkanes of at least 4 members (excludes halogenated alkanes) is 1. The lowest BCUT2D eigenvalue weighted by molar-refractivity contribution is -0.143. The smallest absolute Gasteiger partial charge is 0.328 e. The Bertz CT molecular complexity index is 2160. The fourth-order valence-corrected chi connectivity index (χ4v) is 8.60. The summed E-state index contributed by atoms with van der Waals surface area (Å²) in [5.41, 5.74) is 27.6. The molecule has 454 valence electrons. The normalized spacial score (nSPS) is 17.0. The Labute approximate surface area is 467 Å². The number of nitrogens with two attached hydrogens (primary N) is 5. The summed E-state index contributed by atoms with van der Waals surface area (Å²) in [4.78, 5) is 173. The number of carbonyl (C=O) groups is 13. The van der Waals surface area contributed by atoms with Crippen LogP contribution in [0.4, 0.5) is 0 Å². The van der Waals surface area contributed by atoms with E-state index in [1.165, 1.54) is 4.90 Å². The van der Waals surface area contributed by atoms with Gasteiger partial charge in [0.2, 0.25) is 70.9 Å². The number of carboxylic acids is 1. The minimum absolute atomic E-state index is 0.0498. The van der Waals surface area contributed by atoms with E-state index in [0.717, 1.165) is 0 Å². The summed E-state index contributed by atoms with van der Waals surface area (Å²) in [5, 5.41) is 38.9. The van der Waals surface area contributed by atoms with Crippen molar-refractivity contribution >= 4 is 76.9 Å². The Morgan fingerprint density at radius 2 is 1.02 bits per heavy atom. The van der Waals surface area contributed by atoms with Gasteiger partial charge in [-0.25, -0.2) is 4.79 Å². The van der Waals surface area contributed by atoms with Crippen LogP contribution in [0.3, 0.4) is 0 Å². The van der Waals surface area contributed by atoms with E-state index >= 15 is 0 Å². The summed E-state index contributed by atoms with van der Waals surface area (Å²) in [6.45, 7) is 13.2. The number of hydrogen-bond acceptors (Lipinski definition) is 16. The second kappa shape index (κ2) is 35.6. The molecule has 0 spiro atoms. The lowest BCUT2D eigenvalue weighted by atomic mass is 9.95. The highest BCUT2D eigenvalue weighted by atomic mass is 16.4. The first kappa shape index (κ1) is 71.0. The quantitative estimate of drug-likeness (QED) is 0.0260. The summed E-state index contributed by atoms with van der Waals surface area (Å²) in [7, 11) is 0. The van der Waals surface area contributed by atoms with Crippen LogP contribution in [-0.4, -0.2) is 172 Å². The number of aliphatic hydroxyl groups is 1. The Morgan fingerprint density at radius 1 is 0.550 bits per heavy atom. The average molecular weight is 1140 g/mol. The largest absolute Gasteiger partial charge is 0.480 e. The molecular formula is C51H90N14O15. The zero-order valence-electron chi connectivity index (χ0n) is 47.4. The van der Waals surface area contributed by atoms with Gasteiger partial charge in [-0.3, -0.25) is 57.5 Å². The third kappa shape index (κ3) is 25.0. The second-order valence-corrected chi connectivity index (χ2v) is 21.5. The number of carbonyl (C=O) groups excluding carboxylic acids is 12. The highest BCUT2D eigenvalue weighted by Gasteiger charge is 2.42. The van der Waals surface area contributed by atoms with Crippen molar-refractivity contribution in [2.45, 2.75) is 199 Å². The molecule has 0 aliphatic carbocycles. The minimum atomic E-state index is -1.78. The number of nitrogens with one attached hydrogen (secondary N) is 8. The molecule has 1 aliphatic rings. The van der Waals surface area contributed by atoms with Crippen molar-refractivity contribution in [2.24, 2.45) is 52.3 Å². The summed E-state index contributed by atoms with van der Waals surface area (Å²) in [5.74, 6) is -13.3. The van der Waals surface area contributed by atoms with Gasteiger partial charge in [-0.2, -0.15) is 0 Å². The highest BCUT2D eigenvalue weighted by Crippen LogP contribution is 2.22. The van der Waals surface area contributed by atoms with E-state index in [2.05, 4.69) is 37.2 Å². The number of nitrogens with zero attached hydrogens (tertiary/aromatic N) is 1. The molecule has 12 amide bonds. The average Bonchev–Trinajstić information content (AvgIpc) is 3.87. The summed E-state index contributed by atoms with van der Waals surface area (Å²) >= 11 is 0. The standard InChI is InChI=1S/C51H90N14O15/c1-9-28(8)41(64-47(75)36-14-12-20-65(36)50(78)34(22-26(4)5)61-45(73)32(21-25(2)3)59-42(70)29(53)15-17-37(54)67)49(77)63-40(27(6)7)48(76)60-33(23-39(56)69)46(74)57-30(13-10-11-19-52)43(71)58-31(16-18-38(55)68)44(72)62-35(24-66)51(79)80/h25-36,40-41,66H,9-24,52-53H2,1-8H3,(H2,54,67)(H2,55,68)(H2,56,69)(H,57,74)(H,58,71)(H,59,70)(H,60,76)(H,61,73)(H,62,72)(H,63,77)(H,64,75)(H,79,80)/t28-,29-,30-,31-,32-,33-,34-,35-,36-,40-,41-/m0/s1. The van der Waals surface area contributed by atoms with E-state index in [0.29, 0.717) is 19.3 Å². The molecule has 20 N–H and O–H groups in total. The molecule has 11 atom stereocenters. The predicted molar refractivity (Wildman–Crippen MR) is 290 cm³/mol. The van der Waals surface area contributed by atoms with Crippen molar-refractivity contribution in [1.29, 1.82) is 0 Å². The number of hydrogen-bond donors (Lipinski definition) is 15. The van der Waals surface area contributed by atoms with Crippen molar-refractivity contribution in [1.82, 2.24) is 47.4 Å². The number of aliphatic hydroxyl groups excluding tert-OH is 1. The minimum Gasteiger partial charge on any atom is -0.480 e. The molecule has 1 heterocycles. The summed E-state index contributed by atoms with van der Waals surface area (Å²) in [6, 6.07) is -13.8. The van der Waals surface area contributed by atoms with Crippen LogP contribution in [0.25, 0.3) is 0 Å². The van der Waals surface area contributed by atoms with Crippen LogP contribution in [-0.2, 0) is 62.3 Å². The summed E-state index contributed by atoms with van der Waals surface area (Å²) < 4.78 is 0. The van der Waals surface area contributed by atoms with Gasteiger partial charge in [0, 0.05) is 19.4 Å². The molecule has 1 saturated heterocycles. The molecule has 80 heavy (non-hydrogen) atoms. The third-order valence-electron chi connectivity index (χ3n) is 13.3. The molecule has 1 fully saturated rings. The molecule has 0 bridgehead atoms. The number of amides is 12. The first-order valence-electron chi connectivity index (χ1n) is 27.3. The van der Waals surface area contributed by atoms with E-state index in [1.54, 1.807) is 27.7 Å². The molecule has 0 aromatic rings. The topological polar surface area (TPSA) is 492 Å². The molecule has 1 rings (SSSR count). The van der Waals surface area contributed by atoms with Gasteiger partial charge in [-0.1, -0.05) is 61.8 Å². The number of rotatable bonds is 38. The van der Waals surface area contributed by atoms with Gasteiger partial charge in [0.05, 0.1) is 19.1 Å². The zero-order chi connectivity index (χ0) is 61.1. The molecule has 0 aromatic carbocycles. The van der Waals surface area contributed by atoms with Gasteiger partial charge in [0.1, 0.15) is 54.4 Å². The second-order valence-electron chi connectivity index (χ2n) is 21.5. The SMILES string of the molecule is CC[C@H](C)[C@H](NC(=O)[C@@H]1CCCN1C(=O)[C@H](CC(C)C)NC(=O)[C@H](CC(C)C)NC(=O)[C@@H](N)CCC(N)=O)C(=O)N[C@H](C(=O)N[C@@H](CC(N)=O)C(=O)N[C@@H](CCCCN)C(=O)N[C@@H](CCC(N)=O)C(=O)N[C@@H](CO)C(=O)O)C(C)C. The number of primary amides is 3. The van der Waals surface area contributed by atoms with E-state index in [4.69, 9.17) is 28.7 Å². The van der Waals surface area contributed by atoms with Gasteiger partial charge in [-0.05, 0) is 88.0 Å². The van der Waals surface area contributed by atoms with Gasteiger partial charge in [-0.15, -0.1) is 0 Å². The molecule has 0 unspecified atom stereocenters. The van der Waals surface area contributed by atoms with Crippen LogP contribution in [0.2, 0.25) is 0 Å². The lowest BCUT2D eigenvalue weighted by Crippen LogP contribution is -2.62. The third-order valence-corrected chi connectivity index (χ3v) is 13.3. The molecular weight excluding hydrogens is 1050 g/mol. The molecule has 29 nitrogen and oxygen atoms in total. The van der Waals surface area contributed by atoms with Crippen LogP contribution in [0, 0.1) is 23.7 Å². The van der Waals surface area contributed by atoms with Crippen molar-refractivity contribution in [3.8, 4) is 0 Å². The Kier molecular flexibility index (Phi) is 31.6. The van der Waals surface area contributed by atoms with E-state index in [-0.39, 0.29) is 69.9 Å². The van der Waals surface area contributed by atoms with Crippen LogP contribution in [0.15, 0.2) is 0 Å². The van der Waals surface area contributed by atoms with Crippen molar-refractivity contribution in [3.05, 3.63) is 0 Å². The Morgan fingerprint density at radius 3 is 1.52 bits per heavy atom. The van der Waals surface area contributed by atoms with Gasteiger partial charge >= 0.3 is 5.97 Å². The van der Waals surface area contributed by atoms with Gasteiger partial charge in [0.15, 0.2) is 0 Å². The molecule has 0 radical (unpaired) electrons. The van der Waals surface area contributed by atoms with Crippen molar-refractivity contribution in [3.63, 3.8) is 0 Å². The van der Waals surface area contributed by atoms with Crippen LogP contribution < -0.4 is 71.2 Å². The van der Waals surface area contributed by atoms with Crippen LogP contribution in [0.1, 0.15) is 139 Å². The van der Waals surface area contributed by atoms with Crippen molar-refractivity contribution < 1.29 is 72.5 Å².